The largest absolute Gasteiger partial charge is 0.355 e. The molecule has 2 rings (SSSR count). The van der Waals surface area contributed by atoms with Crippen molar-refractivity contribution in [3.05, 3.63) is 30.1 Å². The van der Waals surface area contributed by atoms with Crippen molar-refractivity contribution in [1.29, 1.82) is 0 Å². The van der Waals surface area contributed by atoms with Crippen LogP contribution in [0.4, 0.5) is 10.1 Å². The number of anilines is 1. The first kappa shape index (κ1) is 17.4. The summed E-state index contributed by atoms with van der Waals surface area (Å²) in [5, 5.41) is 2.88. The lowest BCUT2D eigenvalue weighted by Gasteiger charge is -2.19. The number of likely N-dealkylation sites (N-methyl/N-ethyl adjacent to an activating group) is 1. The predicted molar refractivity (Wildman–Crippen MR) is 87.7 cm³/mol. The van der Waals surface area contributed by atoms with Crippen LogP contribution in [0.5, 0.6) is 0 Å². The molecule has 2 amide bonds. The fraction of sp³-hybridized carbons (Fsp3) is 0.529. The van der Waals surface area contributed by atoms with E-state index in [-0.39, 0.29) is 30.5 Å². The lowest BCUT2D eigenvalue weighted by atomic mass is 10.1. The molecule has 0 bridgehead atoms. The van der Waals surface area contributed by atoms with Gasteiger partial charge in [-0.1, -0.05) is 26.0 Å². The molecule has 0 unspecified atom stereocenters. The summed E-state index contributed by atoms with van der Waals surface area (Å²) in [5.41, 5.74) is 0.246. The second-order valence-electron chi connectivity index (χ2n) is 5.67. The summed E-state index contributed by atoms with van der Waals surface area (Å²) in [4.78, 5) is 27.9. The Balaban J connectivity index is 1.89. The van der Waals surface area contributed by atoms with Gasteiger partial charge in [-0.05, 0) is 25.2 Å². The monoisotopic (exact) mass is 321 g/mol. The zero-order valence-electron chi connectivity index (χ0n) is 13.7. The zero-order valence-corrected chi connectivity index (χ0v) is 13.7. The lowest BCUT2D eigenvalue weighted by molar-refractivity contribution is -0.126. The predicted octanol–water partition coefficient (Wildman–Crippen LogP) is 1.64. The minimum absolute atomic E-state index is 0.130. The number of carbonyl (C=O) groups excluding carboxylic acids is 2. The number of carbonyl (C=O) groups is 2. The summed E-state index contributed by atoms with van der Waals surface area (Å²) < 4.78 is 13.8. The Morgan fingerprint density at radius 1 is 1.35 bits per heavy atom. The third-order valence-electron chi connectivity index (χ3n) is 4.26. The molecule has 1 aliphatic rings. The van der Waals surface area contributed by atoms with Crippen LogP contribution >= 0.6 is 0 Å². The maximum atomic E-state index is 13.8. The Hall–Kier alpha value is -1.95. The molecule has 1 saturated heterocycles. The number of hydrogen-bond acceptors (Lipinski definition) is 3. The summed E-state index contributed by atoms with van der Waals surface area (Å²) in [5.74, 6) is -1.20. The number of halogens is 1. The maximum Gasteiger partial charge on any atom is 0.227 e. The van der Waals surface area contributed by atoms with Gasteiger partial charge in [-0.15, -0.1) is 0 Å². The topological polar surface area (TPSA) is 52.7 Å². The molecule has 1 N–H and O–H groups in total. The summed E-state index contributed by atoms with van der Waals surface area (Å²) in [6.45, 7) is 7.61. The van der Waals surface area contributed by atoms with Crippen LogP contribution in [0.15, 0.2) is 24.3 Å². The van der Waals surface area contributed by atoms with Crippen molar-refractivity contribution in [2.24, 2.45) is 5.92 Å². The van der Waals surface area contributed by atoms with Gasteiger partial charge in [0.1, 0.15) is 5.82 Å². The van der Waals surface area contributed by atoms with Crippen LogP contribution in [0.25, 0.3) is 0 Å². The molecule has 1 atom stereocenters. The summed E-state index contributed by atoms with van der Waals surface area (Å²) in [7, 11) is 0. The van der Waals surface area contributed by atoms with Gasteiger partial charge in [-0.2, -0.15) is 0 Å². The van der Waals surface area contributed by atoms with Gasteiger partial charge in [0.2, 0.25) is 11.8 Å². The van der Waals surface area contributed by atoms with Crippen molar-refractivity contribution in [2.75, 3.05) is 37.6 Å². The van der Waals surface area contributed by atoms with Crippen molar-refractivity contribution in [3.63, 3.8) is 0 Å². The first-order chi connectivity index (χ1) is 11.1. The van der Waals surface area contributed by atoms with Crippen LogP contribution in [0.2, 0.25) is 0 Å². The molecule has 1 aliphatic heterocycles. The zero-order chi connectivity index (χ0) is 16.8. The van der Waals surface area contributed by atoms with E-state index in [0.29, 0.717) is 6.54 Å². The minimum Gasteiger partial charge on any atom is -0.355 e. The first-order valence-electron chi connectivity index (χ1n) is 8.11. The molecule has 0 aliphatic carbocycles. The van der Waals surface area contributed by atoms with Gasteiger partial charge >= 0.3 is 0 Å². The van der Waals surface area contributed by atoms with Crippen LogP contribution in [-0.4, -0.2) is 49.4 Å². The smallest absolute Gasteiger partial charge is 0.227 e. The highest BCUT2D eigenvalue weighted by atomic mass is 19.1. The molecule has 1 fully saturated rings. The van der Waals surface area contributed by atoms with Gasteiger partial charge in [-0.3, -0.25) is 9.59 Å². The molecule has 126 valence electrons. The standard InChI is InChI=1S/C17H24FN3O2/c1-3-20(4-2)10-9-19-17(23)13-11-16(22)21(12-13)15-8-6-5-7-14(15)18/h5-8,13H,3-4,9-12H2,1-2H3,(H,19,23)/t13-/m0/s1. The van der Waals surface area contributed by atoms with Crippen LogP contribution < -0.4 is 10.2 Å². The molecule has 0 radical (unpaired) electrons. The van der Waals surface area contributed by atoms with Crippen molar-refractivity contribution in [2.45, 2.75) is 20.3 Å². The van der Waals surface area contributed by atoms with Crippen molar-refractivity contribution < 1.29 is 14.0 Å². The molecule has 0 aromatic heterocycles. The summed E-state index contributed by atoms with van der Waals surface area (Å²) in [6, 6.07) is 6.15. The average Bonchev–Trinajstić information content (AvgIpc) is 2.94. The lowest BCUT2D eigenvalue weighted by Crippen LogP contribution is -2.38. The van der Waals surface area contributed by atoms with E-state index in [0.717, 1.165) is 19.6 Å². The SMILES string of the molecule is CCN(CC)CCNC(=O)[C@H]1CC(=O)N(c2ccccc2F)C1. The fourth-order valence-corrected chi connectivity index (χ4v) is 2.81. The second kappa shape index (κ2) is 8.06. The number of hydrogen-bond donors (Lipinski definition) is 1. The summed E-state index contributed by atoms with van der Waals surface area (Å²) in [6.07, 6.45) is 0.130. The molecule has 1 heterocycles. The molecular formula is C17H24FN3O2. The van der Waals surface area contributed by atoms with E-state index in [2.05, 4.69) is 24.1 Å². The molecule has 1 aromatic carbocycles. The van der Waals surface area contributed by atoms with Gasteiger partial charge in [0.05, 0.1) is 11.6 Å². The Bertz CT molecular complexity index is 561. The van der Waals surface area contributed by atoms with E-state index >= 15 is 0 Å². The van der Waals surface area contributed by atoms with Crippen LogP contribution in [0.3, 0.4) is 0 Å². The number of para-hydroxylation sites is 1. The van der Waals surface area contributed by atoms with Crippen molar-refractivity contribution in [1.82, 2.24) is 10.2 Å². The Kier molecular flexibility index (Phi) is 6.10. The molecule has 0 saturated carbocycles. The van der Waals surface area contributed by atoms with Gasteiger partial charge in [0.15, 0.2) is 0 Å². The highest BCUT2D eigenvalue weighted by molar-refractivity contribution is 6.00. The Morgan fingerprint density at radius 2 is 2.04 bits per heavy atom. The van der Waals surface area contributed by atoms with Crippen LogP contribution in [0, 0.1) is 11.7 Å². The summed E-state index contributed by atoms with van der Waals surface area (Å²) >= 11 is 0. The number of amides is 2. The fourth-order valence-electron chi connectivity index (χ4n) is 2.81. The Morgan fingerprint density at radius 3 is 2.70 bits per heavy atom. The van der Waals surface area contributed by atoms with E-state index in [1.54, 1.807) is 18.2 Å². The maximum absolute atomic E-state index is 13.8. The van der Waals surface area contributed by atoms with Gasteiger partial charge < -0.3 is 15.1 Å². The molecule has 6 heteroatoms. The second-order valence-corrected chi connectivity index (χ2v) is 5.67. The van der Waals surface area contributed by atoms with Crippen molar-refractivity contribution in [3.8, 4) is 0 Å². The third kappa shape index (κ3) is 4.28. The Labute approximate surface area is 136 Å². The minimum atomic E-state index is -0.441. The van der Waals surface area contributed by atoms with Gasteiger partial charge in [0.25, 0.3) is 0 Å². The van der Waals surface area contributed by atoms with E-state index < -0.39 is 11.7 Å². The molecular weight excluding hydrogens is 297 g/mol. The van der Waals surface area contributed by atoms with E-state index in [1.165, 1.54) is 11.0 Å². The first-order valence-corrected chi connectivity index (χ1v) is 8.11. The molecule has 1 aromatic rings. The molecule has 0 spiro atoms. The number of nitrogens with one attached hydrogen (secondary N) is 1. The van der Waals surface area contributed by atoms with E-state index in [9.17, 15) is 14.0 Å². The molecule has 5 nitrogen and oxygen atoms in total. The quantitative estimate of drug-likeness (QED) is 0.830. The number of benzene rings is 1. The number of nitrogens with zero attached hydrogens (tertiary/aromatic N) is 2. The van der Waals surface area contributed by atoms with E-state index in [1.807, 2.05) is 0 Å². The average molecular weight is 321 g/mol. The van der Waals surface area contributed by atoms with E-state index in [4.69, 9.17) is 0 Å². The normalized spacial score (nSPS) is 17.8. The van der Waals surface area contributed by atoms with Gasteiger partial charge in [-0.25, -0.2) is 4.39 Å². The molecule has 23 heavy (non-hydrogen) atoms. The van der Waals surface area contributed by atoms with Crippen LogP contribution in [0.1, 0.15) is 20.3 Å². The van der Waals surface area contributed by atoms with Crippen LogP contribution in [-0.2, 0) is 9.59 Å². The number of rotatable bonds is 7. The van der Waals surface area contributed by atoms with Crippen molar-refractivity contribution >= 4 is 17.5 Å². The highest BCUT2D eigenvalue weighted by Gasteiger charge is 2.35. The highest BCUT2D eigenvalue weighted by Crippen LogP contribution is 2.27. The van der Waals surface area contributed by atoms with Gasteiger partial charge in [0, 0.05) is 26.1 Å². The third-order valence-corrected chi connectivity index (χ3v) is 4.26.